The average Bonchev–Trinajstić information content (AvgIpc) is 2.94. The number of aromatic nitrogens is 1. The first kappa shape index (κ1) is 14.1. The summed E-state index contributed by atoms with van der Waals surface area (Å²) in [6.45, 7) is 1.43. The van der Waals surface area contributed by atoms with E-state index in [-0.39, 0.29) is 5.91 Å². The summed E-state index contributed by atoms with van der Waals surface area (Å²) in [6.07, 6.45) is 3.00. The van der Waals surface area contributed by atoms with Crippen LogP contribution in [-0.2, 0) is 4.74 Å². The molecule has 3 rings (SSSR count). The molecule has 2 aromatic rings. The zero-order valence-corrected chi connectivity index (χ0v) is 12.1. The van der Waals surface area contributed by atoms with Gasteiger partial charge in [0, 0.05) is 62.3 Å². The van der Waals surface area contributed by atoms with Crippen molar-refractivity contribution in [1.82, 2.24) is 9.88 Å². The summed E-state index contributed by atoms with van der Waals surface area (Å²) < 4.78 is 5.26. The Hall–Kier alpha value is -1.85. The smallest absolute Gasteiger partial charge is 0.253 e. The first-order valence-corrected chi connectivity index (χ1v) is 7.20. The number of hydrogen-bond donors (Lipinski definition) is 2. The highest BCUT2D eigenvalue weighted by atomic mass is 16.5. The monoisotopic (exact) mass is 288 g/mol. The highest BCUT2D eigenvalue weighted by molar-refractivity contribution is 5.98. The van der Waals surface area contributed by atoms with Crippen LogP contribution in [-0.4, -0.2) is 53.3 Å². The lowest BCUT2D eigenvalue weighted by molar-refractivity contribution is -0.0734. The van der Waals surface area contributed by atoms with E-state index in [2.05, 4.69) is 4.98 Å². The molecule has 5 nitrogen and oxygen atoms in total. The van der Waals surface area contributed by atoms with Crippen LogP contribution in [0.5, 0.6) is 0 Å². The molecule has 0 spiro atoms. The van der Waals surface area contributed by atoms with Crippen LogP contribution >= 0.6 is 0 Å². The lowest BCUT2D eigenvalue weighted by Gasteiger charge is -2.35. The molecule has 0 aliphatic carbocycles. The molecular weight excluding hydrogens is 268 g/mol. The molecule has 1 aromatic carbocycles. The zero-order valence-electron chi connectivity index (χ0n) is 12.1. The van der Waals surface area contributed by atoms with Gasteiger partial charge in [0.2, 0.25) is 0 Å². The highest BCUT2D eigenvalue weighted by Crippen LogP contribution is 2.22. The van der Waals surface area contributed by atoms with Gasteiger partial charge in [-0.25, -0.2) is 0 Å². The van der Waals surface area contributed by atoms with Crippen LogP contribution in [0.4, 0.5) is 0 Å². The molecule has 0 bridgehead atoms. The third-order valence-corrected chi connectivity index (χ3v) is 4.10. The van der Waals surface area contributed by atoms with E-state index in [0.29, 0.717) is 38.2 Å². The SMILES string of the molecule is CN(CC1(O)CCOCC1)C(=O)c1ccc2[nH]ccc2c1. The number of rotatable bonds is 3. The number of likely N-dealkylation sites (N-methyl/N-ethyl adjacent to an activating group) is 1. The Morgan fingerprint density at radius 1 is 1.38 bits per heavy atom. The van der Waals surface area contributed by atoms with Crippen LogP contribution in [0.2, 0.25) is 0 Å². The Morgan fingerprint density at radius 3 is 2.90 bits per heavy atom. The normalized spacial score (nSPS) is 17.8. The summed E-state index contributed by atoms with van der Waals surface area (Å²) in [5.74, 6) is -0.0713. The fourth-order valence-corrected chi connectivity index (χ4v) is 2.83. The van der Waals surface area contributed by atoms with Gasteiger partial charge in [0.25, 0.3) is 5.91 Å². The summed E-state index contributed by atoms with van der Waals surface area (Å²) in [5.41, 5.74) is 0.818. The second-order valence-corrected chi connectivity index (χ2v) is 5.78. The van der Waals surface area contributed by atoms with Gasteiger partial charge in [-0.15, -0.1) is 0 Å². The van der Waals surface area contributed by atoms with Gasteiger partial charge in [0.15, 0.2) is 0 Å². The number of carbonyl (C=O) groups is 1. The number of fused-ring (bicyclic) bond motifs is 1. The Morgan fingerprint density at radius 2 is 2.14 bits per heavy atom. The number of ether oxygens (including phenoxy) is 1. The molecule has 0 unspecified atom stereocenters. The number of aliphatic hydroxyl groups is 1. The van der Waals surface area contributed by atoms with Gasteiger partial charge in [-0.3, -0.25) is 4.79 Å². The molecule has 112 valence electrons. The predicted molar refractivity (Wildman–Crippen MR) is 80.3 cm³/mol. The lowest BCUT2D eigenvalue weighted by Crippen LogP contribution is -2.47. The first-order chi connectivity index (χ1) is 10.1. The molecule has 0 atom stereocenters. The fraction of sp³-hybridized carbons (Fsp3) is 0.438. The van der Waals surface area contributed by atoms with E-state index in [0.717, 1.165) is 10.9 Å². The molecule has 1 aliphatic rings. The molecule has 1 fully saturated rings. The highest BCUT2D eigenvalue weighted by Gasteiger charge is 2.32. The number of nitrogens with one attached hydrogen (secondary N) is 1. The molecule has 0 saturated carbocycles. The number of nitrogens with zero attached hydrogens (tertiary/aromatic N) is 1. The second-order valence-electron chi connectivity index (χ2n) is 5.78. The third-order valence-electron chi connectivity index (χ3n) is 4.10. The maximum Gasteiger partial charge on any atom is 0.253 e. The summed E-state index contributed by atoms with van der Waals surface area (Å²) in [4.78, 5) is 17.2. The minimum absolute atomic E-state index is 0.0713. The van der Waals surface area contributed by atoms with Gasteiger partial charge in [0.1, 0.15) is 0 Å². The van der Waals surface area contributed by atoms with Crippen LogP contribution in [0.25, 0.3) is 10.9 Å². The molecule has 1 saturated heterocycles. The number of hydrogen-bond acceptors (Lipinski definition) is 3. The number of H-pyrrole nitrogens is 1. The van der Waals surface area contributed by atoms with E-state index in [1.807, 2.05) is 30.5 Å². The summed E-state index contributed by atoms with van der Waals surface area (Å²) in [7, 11) is 1.73. The Labute approximate surface area is 123 Å². The average molecular weight is 288 g/mol. The van der Waals surface area contributed by atoms with Crippen LogP contribution < -0.4 is 0 Å². The van der Waals surface area contributed by atoms with Gasteiger partial charge >= 0.3 is 0 Å². The van der Waals surface area contributed by atoms with Crippen LogP contribution in [0.1, 0.15) is 23.2 Å². The van der Waals surface area contributed by atoms with Gasteiger partial charge in [-0.1, -0.05) is 0 Å². The molecule has 0 radical (unpaired) electrons. The van der Waals surface area contributed by atoms with Crippen molar-refractivity contribution in [2.45, 2.75) is 18.4 Å². The molecule has 2 N–H and O–H groups in total. The van der Waals surface area contributed by atoms with Crippen molar-refractivity contribution in [3.63, 3.8) is 0 Å². The topological polar surface area (TPSA) is 65.6 Å². The number of benzene rings is 1. The van der Waals surface area contributed by atoms with Crippen LogP contribution in [0, 0.1) is 0 Å². The molecule has 5 heteroatoms. The van der Waals surface area contributed by atoms with E-state index < -0.39 is 5.60 Å². The molecule has 2 heterocycles. The van der Waals surface area contributed by atoms with E-state index >= 15 is 0 Å². The molecule has 1 aliphatic heterocycles. The van der Waals surface area contributed by atoms with E-state index in [1.54, 1.807) is 11.9 Å². The Kier molecular flexibility index (Phi) is 3.69. The quantitative estimate of drug-likeness (QED) is 0.905. The van der Waals surface area contributed by atoms with Crippen LogP contribution in [0.3, 0.4) is 0 Å². The van der Waals surface area contributed by atoms with Crippen molar-refractivity contribution in [3.8, 4) is 0 Å². The lowest BCUT2D eigenvalue weighted by atomic mass is 9.93. The van der Waals surface area contributed by atoms with E-state index in [4.69, 9.17) is 4.74 Å². The second kappa shape index (κ2) is 5.50. The number of amides is 1. The maximum atomic E-state index is 12.5. The van der Waals surface area contributed by atoms with Gasteiger partial charge in [-0.05, 0) is 24.3 Å². The Balaban J connectivity index is 1.74. The minimum atomic E-state index is -0.832. The van der Waals surface area contributed by atoms with Crippen molar-refractivity contribution in [2.75, 3.05) is 26.8 Å². The summed E-state index contributed by atoms with van der Waals surface area (Å²) >= 11 is 0. The van der Waals surface area contributed by atoms with Crippen molar-refractivity contribution >= 4 is 16.8 Å². The van der Waals surface area contributed by atoms with Gasteiger partial charge in [0.05, 0.1) is 5.60 Å². The Bertz CT molecular complexity index is 644. The summed E-state index contributed by atoms with van der Waals surface area (Å²) in [6, 6.07) is 7.53. The van der Waals surface area contributed by atoms with Crippen molar-refractivity contribution < 1.29 is 14.6 Å². The van der Waals surface area contributed by atoms with E-state index in [1.165, 1.54) is 0 Å². The van der Waals surface area contributed by atoms with Crippen molar-refractivity contribution in [2.24, 2.45) is 0 Å². The largest absolute Gasteiger partial charge is 0.388 e. The van der Waals surface area contributed by atoms with E-state index in [9.17, 15) is 9.90 Å². The van der Waals surface area contributed by atoms with Crippen molar-refractivity contribution in [3.05, 3.63) is 36.0 Å². The maximum absolute atomic E-state index is 12.5. The van der Waals surface area contributed by atoms with Crippen molar-refractivity contribution in [1.29, 1.82) is 0 Å². The standard InChI is InChI=1S/C16H20N2O3/c1-18(11-16(20)5-8-21-9-6-16)15(19)13-2-3-14-12(10-13)4-7-17-14/h2-4,7,10,17,20H,5-6,8-9,11H2,1H3. The minimum Gasteiger partial charge on any atom is -0.388 e. The van der Waals surface area contributed by atoms with Gasteiger partial charge in [-0.2, -0.15) is 0 Å². The predicted octanol–water partition coefficient (Wildman–Crippen LogP) is 1.78. The molecule has 21 heavy (non-hydrogen) atoms. The van der Waals surface area contributed by atoms with Crippen LogP contribution in [0.15, 0.2) is 30.5 Å². The number of carbonyl (C=O) groups excluding carboxylic acids is 1. The fourth-order valence-electron chi connectivity index (χ4n) is 2.83. The van der Waals surface area contributed by atoms with Gasteiger partial charge < -0.3 is 19.7 Å². The summed E-state index contributed by atoms with van der Waals surface area (Å²) in [5, 5.41) is 11.5. The zero-order chi connectivity index (χ0) is 14.9. The molecular formula is C16H20N2O3. The third kappa shape index (κ3) is 2.94. The first-order valence-electron chi connectivity index (χ1n) is 7.20. The molecule has 1 aromatic heterocycles. The number of aromatic amines is 1. The molecule has 1 amide bonds.